The van der Waals surface area contributed by atoms with Crippen molar-refractivity contribution in [1.82, 2.24) is 15.4 Å². The van der Waals surface area contributed by atoms with Crippen LogP contribution in [0, 0.1) is 5.82 Å². The molecule has 7 heteroatoms. The Hall–Kier alpha value is -4.00. The second kappa shape index (κ2) is 8.35. The summed E-state index contributed by atoms with van der Waals surface area (Å²) in [6.45, 7) is 0.574. The normalized spacial score (nSPS) is 11.1. The monoisotopic (exact) mass is 387 g/mol. The van der Waals surface area contributed by atoms with E-state index in [1.165, 1.54) is 18.3 Å². The number of amides is 1. The lowest BCUT2D eigenvalue weighted by atomic mass is 10.1. The van der Waals surface area contributed by atoms with Crippen LogP contribution in [0.2, 0.25) is 0 Å². The van der Waals surface area contributed by atoms with Gasteiger partial charge in [-0.05, 0) is 47.5 Å². The van der Waals surface area contributed by atoms with Gasteiger partial charge in [0.25, 0.3) is 5.91 Å². The summed E-state index contributed by atoms with van der Waals surface area (Å²) in [4.78, 5) is 19.8. The summed E-state index contributed by atoms with van der Waals surface area (Å²) in [6.07, 6.45) is 1.46. The molecule has 1 aromatic heterocycles. The molecule has 3 aromatic carbocycles. The van der Waals surface area contributed by atoms with Crippen LogP contribution in [0.25, 0.3) is 11.0 Å². The van der Waals surface area contributed by atoms with Crippen LogP contribution >= 0.6 is 0 Å². The van der Waals surface area contributed by atoms with Crippen molar-refractivity contribution in [2.24, 2.45) is 5.10 Å². The Balaban J connectivity index is 1.32. The van der Waals surface area contributed by atoms with Crippen LogP contribution < -0.4 is 10.7 Å². The van der Waals surface area contributed by atoms with Crippen molar-refractivity contribution >= 4 is 29.1 Å². The van der Waals surface area contributed by atoms with E-state index in [1.54, 1.807) is 24.3 Å². The SMILES string of the molecule is O=C(N/N=C/c1ccc(F)cc1)c1ccc(CNc2nc3ccccc3[nH]2)cc1. The number of hydrazone groups is 1. The third-order valence-electron chi connectivity index (χ3n) is 4.32. The summed E-state index contributed by atoms with van der Waals surface area (Å²) in [5, 5.41) is 7.13. The predicted molar refractivity (Wildman–Crippen MR) is 111 cm³/mol. The van der Waals surface area contributed by atoms with E-state index >= 15 is 0 Å². The number of anilines is 1. The number of hydrogen-bond acceptors (Lipinski definition) is 4. The molecule has 0 saturated carbocycles. The van der Waals surface area contributed by atoms with Gasteiger partial charge >= 0.3 is 0 Å². The maximum absolute atomic E-state index is 12.9. The molecule has 0 aliphatic rings. The lowest BCUT2D eigenvalue weighted by molar-refractivity contribution is 0.0955. The van der Waals surface area contributed by atoms with Gasteiger partial charge in [0, 0.05) is 12.1 Å². The predicted octanol–water partition coefficient (Wildman–Crippen LogP) is 4.08. The standard InChI is InChI=1S/C22H18FN5O/c23-18-11-7-16(8-12-18)14-25-28-21(29)17-9-5-15(6-10-17)13-24-22-26-19-3-1-2-4-20(19)27-22/h1-12,14H,13H2,(H,28,29)(H2,24,26,27)/b25-14+. The van der Waals surface area contributed by atoms with Gasteiger partial charge in [0.2, 0.25) is 5.95 Å². The van der Waals surface area contributed by atoms with Crippen LogP contribution in [0.15, 0.2) is 77.9 Å². The number of rotatable bonds is 6. The molecule has 3 N–H and O–H groups in total. The van der Waals surface area contributed by atoms with E-state index in [9.17, 15) is 9.18 Å². The largest absolute Gasteiger partial charge is 0.352 e. The molecular weight excluding hydrogens is 369 g/mol. The number of benzene rings is 3. The van der Waals surface area contributed by atoms with Gasteiger partial charge in [-0.1, -0.05) is 36.4 Å². The molecular formula is C22H18FN5O. The molecule has 0 aliphatic carbocycles. The molecule has 6 nitrogen and oxygen atoms in total. The van der Waals surface area contributed by atoms with E-state index in [0.717, 1.165) is 16.6 Å². The molecule has 0 saturated heterocycles. The third kappa shape index (κ3) is 4.65. The number of H-pyrrole nitrogens is 1. The first-order chi connectivity index (χ1) is 14.2. The lowest BCUT2D eigenvalue weighted by Crippen LogP contribution is -2.17. The zero-order valence-electron chi connectivity index (χ0n) is 15.4. The Morgan fingerprint density at radius 2 is 1.79 bits per heavy atom. The van der Waals surface area contributed by atoms with Gasteiger partial charge in [-0.25, -0.2) is 14.8 Å². The maximum atomic E-state index is 12.9. The Morgan fingerprint density at radius 1 is 1.03 bits per heavy atom. The van der Waals surface area contributed by atoms with E-state index in [4.69, 9.17) is 0 Å². The minimum Gasteiger partial charge on any atom is -0.352 e. The number of aromatic nitrogens is 2. The van der Waals surface area contributed by atoms with Gasteiger partial charge in [-0.2, -0.15) is 5.10 Å². The Bertz CT molecular complexity index is 1120. The van der Waals surface area contributed by atoms with E-state index in [0.29, 0.717) is 23.6 Å². The molecule has 0 bridgehead atoms. The summed E-state index contributed by atoms with van der Waals surface area (Å²) in [5.74, 6) is 0.0596. The number of para-hydroxylation sites is 2. The summed E-state index contributed by atoms with van der Waals surface area (Å²) < 4.78 is 12.9. The average Bonchev–Trinajstić information content (AvgIpc) is 3.17. The Labute approximate surface area is 166 Å². The van der Waals surface area contributed by atoms with Crippen molar-refractivity contribution in [1.29, 1.82) is 0 Å². The van der Waals surface area contributed by atoms with Crippen LogP contribution in [-0.4, -0.2) is 22.1 Å². The van der Waals surface area contributed by atoms with Crippen molar-refractivity contribution in [3.05, 3.63) is 95.3 Å². The first kappa shape index (κ1) is 18.4. The molecule has 0 atom stereocenters. The molecule has 0 fully saturated rings. The number of imidazole rings is 1. The molecule has 144 valence electrons. The average molecular weight is 387 g/mol. The van der Waals surface area contributed by atoms with E-state index < -0.39 is 0 Å². The summed E-state index contributed by atoms with van der Waals surface area (Å²) in [7, 11) is 0. The zero-order valence-corrected chi connectivity index (χ0v) is 15.4. The van der Waals surface area contributed by atoms with Crippen molar-refractivity contribution < 1.29 is 9.18 Å². The summed E-state index contributed by atoms with van der Waals surface area (Å²) >= 11 is 0. The van der Waals surface area contributed by atoms with Crippen molar-refractivity contribution in [2.45, 2.75) is 6.54 Å². The fourth-order valence-electron chi connectivity index (χ4n) is 2.78. The molecule has 0 unspecified atom stereocenters. The second-order valence-electron chi connectivity index (χ2n) is 6.40. The number of carbonyl (C=O) groups excluding carboxylic acids is 1. The van der Waals surface area contributed by atoms with Crippen molar-refractivity contribution in [3.63, 3.8) is 0 Å². The quantitative estimate of drug-likeness (QED) is 0.344. The Kier molecular flexibility index (Phi) is 5.29. The van der Waals surface area contributed by atoms with Gasteiger partial charge < -0.3 is 10.3 Å². The zero-order chi connectivity index (χ0) is 20.1. The van der Waals surface area contributed by atoms with Crippen LogP contribution in [0.5, 0.6) is 0 Å². The number of aromatic amines is 1. The number of fused-ring (bicyclic) bond motifs is 1. The number of carbonyl (C=O) groups is 1. The number of hydrogen-bond donors (Lipinski definition) is 3. The van der Waals surface area contributed by atoms with E-state index in [2.05, 4.69) is 25.8 Å². The minimum absolute atomic E-state index is 0.318. The van der Waals surface area contributed by atoms with Gasteiger partial charge in [-0.3, -0.25) is 4.79 Å². The van der Waals surface area contributed by atoms with Crippen LogP contribution in [0.1, 0.15) is 21.5 Å². The van der Waals surface area contributed by atoms with Crippen LogP contribution in [-0.2, 0) is 6.54 Å². The third-order valence-corrected chi connectivity index (χ3v) is 4.32. The molecule has 0 aliphatic heterocycles. The lowest BCUT2D eigenvalue weighted by Gasteiger charge is -2.05. The highest BCUT2D eigenvalue weighted by Crippen LogP contribution is 2.14. The maximum Gasteiger partial charge on any atom is 0.271 e. The highest BCUT2D eigenvalue weighted by molar-refractivity contribution is 5.94. The van der Waals surface area contributed by atoms with E-state index in [1.807, 2.05) is 36.4 Å². The molecule has 0 spiro atoms. The fourth-order valence-corrected chi connectivity index (χ4v) is 2.78. The molecule has 4 rings (SSSR count). The van der Waals surface area contributed by atoms with E-state index in [-0.39, 0.29) is 11.7 Å². The summed E-state index contributed by atoms with van der Waals surface area (Å²) in [5.41, 5.74) is 6.54. The molecule has 4 aromatic rings. The van der Waals surface area contributed by atoms with Gasteiger partial charge in [0.05, 0.1) is 17.2 Å². The minimum atomic E-state index is -0.319. The smallest absolute Gasteiger partial charge is 0.271 e. The molecule has 1 heterocycles. The van der Waals surface area contributed by atoms with Gasteiger partial charge in [0.15, 0.2) is 0 Å². The van der Waals surface area contributed by atoms with Gasteiger partial charge in [-0.15, -0.1) is 0 Å². The number of halogens is 1. The summed E-state index contributed by atoms with van der Waals surface area (Å²) in [6, 6.07) is 20.9. The Morgan fingerprint density at radius 3 is 2.55 bits per heavy atom. The topological polar surface area (TPSA) is 82.2 Å². The number of nitrogens with one attached hydrogen (secondary N) is 3. The highest BCUT2D eigenvalue weighted by atomic mass is 19.1. The van der Waals surface area contributed by atoms with Crippen LogP contribution in [0.3, 0.4) is 0 Å². The first-order valence-corrected chi connectivity index (χ1v) is 9.04. The van der Waals surface area contributed by atoms with Crippen LogP contribution in [0.4, 0.5) is 10.3 Å². The first-order valence-electron chi connectivity index (χ1n) is 9.04. The number of nitrogens with zero attached hydrogens (tertiary/aromatic N) is 2. The van der Waals surface area contributed by atoms with Gasteiger partial charge in [0.1, 0.15) is 5.82 Å². The highest BCUT2D eigenvalue weighted by Gasteiger charge is 2.05. The molecule has 1 amide bonds. The molecule has 0 radical (unpaired) electrons. The second-order valence-corrected chi connectivity index (χ2v) is 6.40. The fraction of sp³-hybridized carbons (Fsp3) is 0.0455. The van der Waals surface area contributed by atoms with Crippen molar-refractivity contribution in [3.8, 4) is 0 Å². The molecule has 29 heavy (non-hydrogen) atoms. The van der Waals surface area contributed by atoms with Crippen molar-refractivity contribution in [2.75, 3.05) is 5.32 Å².